The van der Waals surface area contributed by atoms with Crippen LogP contribution in [0.25, 0.3) is 37.2 Å². The Balaban J connectivity index is 1.82. The van der Waals surface area contributed by atoms with Crippen molar-refractivity contribution in [3.05, 3.63) is 58.9 Å². The monoisotopic (exact) mass is 363 g/mol. The highest BCUT2D eigenvalue weighted by Gasteiger charge is 2.18. The molecule has 5 heterocycles. The van der Waals surface area contributed by atoms with Crippen LogP contribution in [0.1, 0.15) is 10.4 Å². The fourth-order valence-electron chi connectivity index (χ4n) is 2.91. The van der Waals surface area contributed by atoms with Crippen molar-refractivity contribution in [2.24, 2.45) is 0 Å². The number of carboxylic acids is 1. The van der Waals surface area contributed by atoms with Crippen molar-refractivity contribution >= 4 is 44.1 Å². The number of aromatic nitrogens is 5. The van der Waals surface area contributed by atoms with E-state index in [2.05, 4.69) is 20.1 Å². The van der Waals surface area contributed by atoms with Crippen LogP contribution in [0.3, 0.4) is 0 Å². The molecular weight excluding hydrogens is 354 g/mol. The molecule has 0 saturated heterocycles. The van der Waals surface area contributed by atoms with Crippen LogP contribution in [0.15, 0.2) is 47.8 Å². The van der Waals surface area contributed by atoms with Gasteiger partial charge in [0.2, 0.25) is 0 Å². The molecule has 0 aliphatic rings. The van der Waals surface area contributed by atoms with Crippen LogP contribution >= 0.6 is 11.3 Å². The average molecular weight is 363 g/mol. The number of H-pyrrole nitrogens is 1. The van der Waals surface area contributed by atoms with Crippen molar-refractivity contribution in [2.75, 3.05) is 0 Å². The molecule has 5 rings (SSSR count). The first-order chi connectivity index (χ1) is 12.6. The number of nitrogens with one attached hydrogen (secondary N) is 1. The second kappa shape index (κ2) is 5.20. The Morgan fingerprint density at radius 3 is 2.92 bits per heavy atom. The van der Waals surface area contributed by atoms with Crippen LogP contribution < -0.4 is 5.56 Å². The lowest BCUT2D eigenvalue weighted by molar-refractivity contribution is 0.0696. The van der Waals surface area contributed by atoms with Crippen LogP contribution in [0, 0.1) is 0 Å². The van der Waals surface area contributed by atoms with Gasteiger partial charge in [0.15, 0.2) is 0 Å². The lowest BCUT2D eigenvalue weighted by atomic mass is 10.2. The van der Waals surface area contributed by atoms with Crippen LogP contribution in [0.2, 0.25) is 0 Å². The predicted molar refractivity (Wildman–Crippen MR) is 96.7 cm³/mol. The molecule has 5 aromatic rings. The Morgan fingerprint density at radius 1 is 1.27 bits per heavy atom. The first-order valence-electron chi connectivity index (χ1n) is 7.59. The van der Waals surface area contributed by atoms with Gasteiger partial charge in [0.25, 0.3) is 5.56 Å². The summed E-state index contributed by atoms with van der Waals surface area (Å²) in [6.45, 7) is 0. The van der Waals surface area contributed by atoms with E-state index >= 15 is 0 Å². The molecule has 0 bridgehead atoms. The highest BCUT2D eigenvalue weighted by Crippen LogP contribution is 2.32. The standard InChI is InChI=1S/C17H9N5O3S/c23-15-12-14(13-10(20-15)4-9(6-19-13)17(24)25)21-22-7-11(26-16(12)22)8-2-1-3-18-5-8/h1-7H,(H,20,23)(H,24,25). The normalized spacial score (nSPS) is 11.5. The summed E-state index contributed by atoms with van der Waals surface area (Å²) in [5, 5.41) is 14.0. The fourth-order valence-corrected chi connectivity index (χ4v) is 3.99. The molecule has 126 valence electrons. The predicted octanol–water partition coefficient (Wildman–Crippen LogP) is 2.55. The molecule has 5 aromatic heterocycles. The Morgan fingerprint density at radius 2 is 2.15 bits per heavy atom. The van der Waals surface area contributed by atoms with Crippen molar-refractivity contribution < 1.29 is 9.90 Å². The highest BCUT2D eigenvalue weighted by atomic mass is 32.1. The minimum atomic E-state index is -1.10. The molecule has 0 aromatic carbocycles. The van der Waals surface area contributed by atoms with E-state index in [0.29, 0.717) is 26.8 Å². The smallest absolute Gasteiger partial charge is 0.337 e. The molecule has 9 heteroatoms. The topological polar surface area (TPSA) is 113 Å². The summed E-state index contributed by atoms with van der Waals surface area (Å²) in [6.07, 6.45) is 6.55. The number of fused-ring (bicyclic) bond motifs is 5. The van der Waals surface area contributed by atoms with Crippen LogP contribution in [-0.2, 0) is 0 Å². The minimum absolute atomic E-state index is 0.00684. The van der Waals surface area contributed by atoms with Gasteiger partial charge in [0.1, 0.15) is 21.3 Å². The lowest BCUT2D eigenvalue weighted by Crippen LogP contribution is -2.07. The summed E-state index contributed by atoms with van der Waals surface area (Å²) in [5.41, 5.74) is 1.88. The van der Waals surface area contributed by atoms with E-state index in [1.807, 2.05) is 18.3 Å². The molecule has 0 unspecified atom stereocenters. The zero-order chi connectivity index (χ0) is 17.8. The summed E-state index contributed by atoms with van der Waals surface area (Å²) in [5.74, 6) is -1.10. The van der Waals surface area contributed by atoms with Crippen molar-refractivity contribution in [3.8, 4) is 10.4 Å². The molecule has 26 heavy (non-hydrogen) atoms. The summed E-state index contributed by atoms with van der Waals surface area (Å²) in [7, 11) is 0. The number of nitrogens with zero attached hydrogens (tertiary/aromatic N) is 4. The molecule has 0 aliphatic carbocycles. The second-order valence-electron chi connectivity index (χ2n) is 5.69. The molecule has 0 radical (unpaired) electrons. The first kappa shape index (κ1) is 14.7. The molecular formula is C17H9N5O3S. The quantitative estimate of drug-likeness (QED) is 0.498. The zero-order valence-electron chi connectivity index (χ0n) is 13.0. The fraction of sp³-hybridized carbons (Fsp3) is 0. The number of aromatic carboxylic acids is 1. The van der Waals surface area contributed by atoms with E-state index in [1.54, 1.807) is 16.9 Å². The Bertz CT molecular complexity index is 1380. The number of carbonyl (C=O) groups is 1. The van der Waals surface area contributed by atoms with Gasteiger partial charge >= 0.3 is 5.97 Å². The number of aromatic amines is 1. The van der Waals surface area contributed by atoms with Crippen molar-refractivity contribution in [1.82, 2.24) is 24.6 Å². The number of hydrogen-bond acceptors (Lipinski definition) is 6. The maximum Gasteiger partial charge on any atom is 0.337 e. The number of rotatable bonds is 2. The third-order valence-electron chi connectivity index (χ3n) is 4.09. The lowest BCUT2D eigenvalue weighted by Gasteiger charge is -2.00. The van der Waals surface area contributed by atoms with Gasteiger partial charge in [0.05, 0.1) is 16.0 Å². The number of thiazole rings is 1. The maximum atomic E-state index is 12.6. The molecule has 2 N–H and O–H groups in total. The third-order valence-corrected chi connectivity index (χ3v) is 5.24. The summed E-state index contributed by atoms with van der Waals surface area (Å²) < 4.78 is 1.65. The molecule has 8 nitrogen and oxygen atoms in total. The SMILES string of the molecule is O=C(O)c1cnc2c(c1)[nH]c(=O)c1c2nn2cc(-c3cccnc3)sc12. The van der Waals surface area contributed by atoms with Gasteiger partial charge in [-0.1, -0.05) is 6.07 Å². The largest absolute Gasteiger partial charge is 0.478 e. The van der Waals surface area contributed by atoms with Gasteiger partial charge in [-0.15, -0.1) is 11.3 Å². The van der Waals surface area contributed by atoms with Crippen molar-refractivity contribution in [2.45, 2.75) is 0 Å². The highest BCUT2D eigenvalue weighted by molar-refractivity contribution is 7.21. The zero-order valence-corrected chi connectivity index (χ0v) is 13.8. The van der Waals surface area contributed by atoms with Crippen molar-refractivity contribution in [1.29, 1.82) is 0 Å². The number of hydrogen-bond donors (Lipinski definition) is 2. The van der Waals surface area contributed by atoms with E-state index in [9.17, 15) is 9.59 Å². The van der Waals surface area contributed by atoms with Gasteiger partial charge in [-0.3, -0.25) is 14.8 Å². The van der Waals surface area contributed by atoms with Gasteiger partial charge < -0.3 is 10.1 Å². The molecule has 0 fully saturated rings. The summed E-state index contributed by atoms with van der Waals surface area (Å²) in [6, 6.07) is 5.18. The molecule has 0 saturated carbocycles. The Labute approximate surface area is 148 Å². The maximum absolute atomic E-state index is 12.6. The second-order valence-corrected chi connectivity index (χ2v) is 6.72. The van der Waals surface area contributed by atoms with E-state index in [1.165, 1.54) is 23.6 Å². The van der Waals surface area contributed by atoms with E-state index in [4.69, 9.17) is 5.11 Å². The Kier molecular flexibility index (Phi) is 2.95. The number of pyridine rings is 3. The first-order valence-corrected chi connectivity index (χ1v) is 8.41. The molecule has 0 aliphatic heterocycles. The van der Waals surface area contributed by atoms with Crippen LogP contribution in [0.5, 0.6) is 0 Å². The summed E-state index contributed by atoms with van der Waals surface area (Å²) in [4.78, 5) is 36.4. The molecule has 0 spiro atoms. The summed E-state index contributed by atoms with van der Waals surface area (Å²) >= 11 is 1.44. The van der Waals surface area contributed by atoms with Crippen molar-refractivity contribution in [3.63, 3.8) is 0 Å². The third kappa shape index (κ3) is 2.04. The van der Waals surface area contributed by atoms with Crippen LogP contribution in [-0.4, -0.2) is 35.6 Å². The van der Waals surface area contributed by atoms with Gasteiger partial charge in [-0.2, -0.15) is 5.10 Å². The minimum Gasteiger partial charge on any atom is -0.478 e. The van der Waals surface area contributed by atoms with E-state index in [0.717, 1.165) is 10.4 Å². The van der Waals surface area contributed by atoms with E-state index in [-0.39, 0.29) is 11.1 Å². The molecule has 0 atom stereocenters. The van der Waals surface area contributed by atoms with Gasteiger partial charge in [-0.25, -0.2) is 9.31 Å². The van der Waals surface area contributed by atoms with Crippen LogP contribution in [0.4, 0.5) is 0 Å². The molecule has 0 amide bonds. The van der Waals surface area contributed by atoms with Gasteiger partial charge in [0, 0.05) is 30.4 Å². The van der Waals surface area contributed by atoms with Gasteiger partial charge in [-0.05, 0) is 12.1 Å². The van der Waals surface area contributed by atoms with E-state index < -0.39 is 5.97 Å². The number of carboxylic acid groups (broad SMARTS) is 1. The Hall–Kier alpha value is -3.59. The average Bonchev–Trinajstić information content (AvgIpc) is 3.20.